The first-order valence-electron chi connectivity index (χ1n) is 4.24. The SMILES string of the molecule is Cc1nc(Cc2cncc(I)c2)cs1. The molecular weight excluding hydrogens is 307 g/mol. The van der Waals surface area contributed by atoms with Crippen molar-refractivity contribution in [3.63, 3.8) is 0 Å². The Morgan fingerprint density at radius 1 is 1.43 bits per heavy atom. The van der Waals surface area contributed by atoms with Gasteiger partial charge in [0.05, 0.1) is 10.7 Å². The largest absolute Gasteiger partial charge is 0.263 e. The van der Waals surface area contributed by atoms with Gasteiger partial charge < -0.3 is 0 Å². The van der Waals surface area contributed by atoms with Crippen LogP contribution in [0.1, 0.15) is 16.3 Å². The Bertz CT molecular complexity index is 439. The van der Waals surface area contributed by atoms with Gasteiger partial charge in [0.2, 0.25) is 0 Å². The number of aromatic nitrogens is 2. The summed E-state index contributed by atoms with van der Waals surface area (Å²) in [5.41, 5.74) is 2.36. The van der Waals surface area contributed by atoms with Crippen molar-refractivity contribution in [2.75, 3.05) is 0 Å². The van der Waals surface area contributed by atoms with E-state index in [1.165, 1.54) is 9.13 Å². The van der Waals surface area contributed by atoms with Crippen molar-refractivity contribution in [3.05, 3.63) is 43.7 Å². The molecule has 2 rings (SSSR count). The molecule has 0 N–H and O–H groups in total. The number of rotatable bonds is 2. The van der Waals surface area contributed by atoms with Gasteiger partial charge in [0.1, 0.15) is 0 Å². The summed E-state index contributed by atoms with van der Waals surface area (Å²) in [7, 11) is 0. The zero-order chi connectivity index (χ0) is 9.97. The Kier molecular flexibility index (Phi) is 3.12. The lowest BCUT2D eigenvalue weighted by atomic mass is 10.2. The number of aryl methyl sites for hydroxylation is 1. The zero-order valence-electron chi connectivity index (χ0n) is 7.70. The van der Waals surface area contributed by atoms with Gasteiger partial charge in [-0.1, -0.05) is 0 Å². The van der Waals surface area contributed by atoms with Crippen molar-refractivity contribution < 1.29 is 0 Å². The molecule has 0 aliphatic carbocycles. The van der Waals surface area contributed by atoms with Crippen LogP contribution in [0.5, 0.6) is 0 Å². The van der Waals surface area contributed by atoms with Crippen LogP contribution in [0.3, 0.4) is 0 Å². The molecule has 2 heterocycles. The maximum absolute atomic E-state index is 4.42. The number of nitrogens with zero attached hydrogens (tertiary/aromatic N) is 2. The van der Waals surface area contributed by atoms with Crippen molar-refractivity contribution in [1.82, 2.24) is 9.97 Å². The fourth-order valence-corrected chi connectivity index (χ4v) is 2.42. The van der Waals surface area contributed by atoms with Crippen LogP contribution in [0.2, 0.25) is 0 Å². The molecule has 0 saturated heterocycles. The van der Waals surface area contributed by atoms with Crippen LogP contribution < -0.4 is 0 Å². The van der Waals surface area contributed by atoms with Crippen molar-refractivity contribution in [2.24, 2.45) is 0 Å². The number of hydrogen-bond donors (Lipinski definition) is 0. The van der Waals surface area contributed by atoms with Crippen LogP contribution in [0.25, 0.3) is 0 Å². The molecule has 0 aromatic carbocycles. The Morgan fingerprint density at radius 2 is 2.29 bits per heavy atom. The molecule has 2 aromatic heterocycles. The molecule has 0 bridgehead atoms. The Morgan fingerprint density at radius 3 is 2.93 bits per heavy atom. The molecule has 2 nitrogen and oxygen atoms in total. The third-order valence-electron chi connectivity index (χ3n) is 1.81. The van der Waals surface area contributed by atoms with E-state index in [-0.39, 0.29) is 0 Å². The van der Waals surface area contributed by atoms with Gasteiger partial charge in [-0.15, -0.1) is 11.3 Å². The van der Waals surface area contributed by atoms with Crippen LogP contribution >= 0.6 is 33.9 Å². The van der Waals surface area contributed by atoms with Crippen LogP contribution in [-0.2, 0) is 6.42 Å². The van der Waals surface area contributed by atoms with Gasteiger partial charge in [-0.2, -0.15) is 0 Å². The van der Waals surface area contributed by atoms with E-state index in [0.717, 1.165) is 17.1 Å². The van der Waals surface area contributed by atoms with Gasteiger partial charge in [0.25, 0.3) is 0 Å². The van der Waals surface area contributed by atoms with Gasteiger partial charge in [-0.3, -0.25) is 4.98 Å². The standard InChI is InChI=1S/C10H9IN2S/c1-7-13-10(6-14-7)3-8-2-9(11)5-12-4-8/h2,4-6H,3H2,1H3. The second-order valence-corrected chi connectivity index (χ2v) is 5.35. The van der Waals surface area contributed by atoms with Gasteiger partial charge >= 0.3 is 0 Å². The number of halogens is 1. The second kappa shape index (κ2) is 4.35. The fourth-order valence-electron chi connectivity index (χ4n) is 1.25. The van der Waals surface area contributed by atoms with E-state index >= 15 is 0 Å². The topological polar surface area (TPSA) is 25.8 Å². The highest BCUT2D eigenvalue weighted by Crippen LogP contribution is 2.13. The van der Waals surface area contributed by atoms with Gasteiger partial charge in [-0.05, 0) is 41.1 Å². The molecule has 0 fully saturated rings. The van der Waals surface area contributed by atoms with Crippen LogP contribution in [0.15, 0.2) is 23.8 Å². The molecule has 72 valence electrons. The molecular formula is C10H9IN2S. The molecule has 0 unspecified atom stereocenters. The summed E-state index contributed by atoms with van der Waals surface area (Å²) in [4.78, 5) is 8.58. The summed E-state index contributed by atoms with van der Waals surface area (Å²) >= 11 is 3.97. The maximum atomic E-state index is 4.42. The second-order valence-electron chi connectivity index (χ2n) is 3.05. The molecule has 0 aliphatic heterocycles. The maximum Gasteiger partial charge on any atom is 0.0897 e. The van der Waals surface area contributed by atoms with Crippen molar-refractivity contribution in [3.8, 4) is 0 Å². The minimum absolute atomic E-state index is 0.883. The quantitative estimate of drug-likeness (QED) is 0.796. The van der Waals surface area contributed by atoms with E-state index in [9.17, 15) is 0 Å². The highest BCUT2D eigenvalue weighted by molar-refractivity contribution is 14.1. The summed E-state index contributed by atoms with van der Waals surface area (Å²) in [5.74, 6) is 0. The zero-order valence-corrected chi connectivity index (χ0v) is 10.7. The molecule has 14 heavy (non-hydrogen) atoms. The molecule has 0 saturated carbocycles. The minimum atomic E-state index is 0.883. The Labute approximate surface area is 101 Å². The summed E-state index contributed by atoms with van der Waals surface area (Å²) in [6.07, 6.45) is 4.64. The first kappa shape index (κ1) is 10.0. The number of thiazole rings is 1. The van der Waals surface area contributed by atoms with Crippen molar-refractivity contribution in [1.29, 1.82) is 0 Å². The van der Waals surface area contributed by atoms with Gasteiger partial charge in [0.15, 0.2) is 0 Å². The highest BCUT2D eigenvalue weighted by Gasteiger charge is 2.00. The third kappa shape index (κ3) is 2.51. The Balaban J connectivity index is 2.18. The van der Waals surface area contributed by atoms with E-state index in [2.05, 4.69) is 44.0 Å². The third-order valence-corrected chi connectivity index (χ3v) is 3.23. The monoisotopic (exact) mass is 316 g/mol. The van der Waals surface area contributed by atoms with E-state index in [4.69, 9.17) is 0 Å². The predicted molar refractivity (Wildman–Crippen MR) is 66.6 cm³/mol. The molecule has 0 aliphatic rings. The fraction of sp³-hybridized carbons (Fsp3) is 0.200. The van der Waals surface area contributed by atoms with Gasteiger partial charge in [0, 0.05) is 27.8 Å². The summed E-state index contributed by atoms with van der Waals surface area (Å²) in [6, 6.07) is 2.14. The summed E-state index contributed by atoms with van der Waals surface area (Å²) in [6.45, 7) is 2.03. The molecule has 0 amide bonds. The van der Waals surface area contributed by atoms with Gasteiger partial charge in [-0.25, -0.2) is 4.98 Å². The predicted octanol–water partition coefficient (Wildman–Crippen LogP) is 3.04. The van der Waals surface area contributed by atoms with Crippen molar-refractivity contribution >= 4 is 33.9 Å². The van der Waals surface area contributed by atoms with E-state index < -0.39 is 0 Å². The first-order chi connectivity index (χ1) is 6.74. The normalized spacial score (nSPS) is 10.4. The molecule has 0 radical (unpaired) electrons. The lowest BCUT2D eigenvalue weighted by Gasteiger charge is -1.97. The molecule has 2 aromatic rings. The van der Waals surface area contributed by atoms with Crippen molar-refractivity contribution in [2.45, 2.75) is 13.3 Å². The lowest BCUT2D eigenvalue weighted by Crippen LogP contribution is -1.90. The molecule has 0 spiro atoms. The smallest absolute Gasteiger partial charge is 0.0897 e. The average molecular weight is 316 g/mol. The highest BCUT2D eigenvalue weighted by atomic mass is 127. The summed E-state index contributed by atoms with van der Waals surface area (Å²) in [5, 5.41) is 3.23. The van der Waals surface area contributed by atoms with E-state index in [1.54, 1.807) is 11.3 Å². The van der Waals surface area contributed by atoms with Crippen LogP contribution in [-0.4, -0.2) is 9.97 Å². The molecule has 4 heteroatoms. The van der Waals surface area contributed by atoms with E-state index in [1.807, 2.05) is 19.3 Å². The Hall–Kier alpha value is -0.490. The van der Waals surface area contributed by atoms with Crippen LogP contribution in [0, 0.1) is 10.5 Å². The minimum Gasteiger partial charge on any atom is -0.263 e. The summed E-state index contributed by atoms with van der Waals surface area (Å²) < 4.78 is 1.17. The first-order valence-corrected chi connectivity index (χ1v) is 6.20. The average Bonchev–Trinajstić information content (AvgIpc) is 2.51. The van der Waals surface area contributed by atoms with Crippen LogP contribution in [0.4, 0.5) is 0 Å². The number of pyridine rings is 1. The number of hydrogen-bond acceptors (Lipinski definition) is 3. The molecule has 0 atom stereocenters. The lowest BCUT2D eigenvalue weighted by molar-refractivity contribution is 1.06. The van der Waals surface area contributed by atoms with E-state index in [0.29, 0.717) is 0 Å².